The Hall–Kier alpha value is -2.97. The summed E-state index contributed by atoms with van der Waals surface area (Å²) in [6.45, 7) is 7.38. The average molecular weight is 434 g/mol. The van der Waals surface area contributed by atoms with Gasteiger partial charge in [-0.2, -0.15) is 0 Å². The van der Waals surface area contributed by atoms with E-state index in [1.54, 1.807) is 9.80 Å². The lowest BCUT2D eigenvalue weighted by atomic mass is 10.0. The van der Waals surface area contributed by atoms with E-state index < -0.39 is 6.09 Å². The van der Waals surface area contributed by atoms with E-state index in [0.29, 0.717) is 58.2 Å². The highest BCUT2D eigenvalue weighted by Crippen LogP contribution is 2.17. The summed E-state index contributed by atoms with van der Waals surface area (Å²) in [6, 6.07) is 8.18. The third-order valence-corrected chi connectivity index (χ3v) is 5.53. The van der Waals surface area contributed by atoms with Gasteiger partial charge in [0, 0.05) is 57.4 Å². The molecule has 0 saturated carbocycles. The van der Waals surface area contributed by atoms with Crippen LogP contribution >= 0.6 is 0 Å². The van der Waals surface area contributed by atoms with Crippen LogP contribution in [0.3, 0.4) is 0 Å². The second-order valence-electron chi connectivity index (χ2n) is 7.63. The molecule has 0 spiro atoms. The fourth-order valence-corrected chi connectivity index (χ4v) is 3.67. The molecular weight excluding hydrogens is 398 g/mol. The number of amides is 4. The Balaban J connectivity index is 1.67. The largest absolute Gasteiger partial charge is 0.465 e. The second kappa shape index (κ2) is 12.7. The summed E-state index contributed by atoms with van der Waals surface area (Å²) in [7, 11) is 0. The highest BCUT2D eigenvalue weighted by Gasteiger charge is 2.22. The number of urea groups is 1. The lowest BCUT2D eigenvalue weighted by Crippen LogP contribution is -2.47. The normalized spacial score (nSPS) is 14.1. The third-order valence-electron chi connectivity index (χ3n) is 5.53. The standard InChI is InChI=1S/C22H35N5O4/c1-3-26(4-2)20(28)10-14-23-21(29)27-15-11-19(12-16-27)25-18-7-5-17(6-8-18)9-13-24-22(30)31/h5-8,19,24-25H,3-4,9-16H2,1-2H3,(H,23,29)(H,30,31). The molecule has 0 atom stereocenters. The molecule has 0 radical (unpaired) electrons. The first-order valence-corrected chi connectivity index (χ1v) is 11.1. The molecule has 1 aliphatic heterocycles. The SMILES string of the molecule is CCN(CC)C(=O)CCNC(=O)N1CCC(Nc2ccc(CCNC(=O)O)cc2)CC1. The first-order chi connectivity index (χ1) is 14.9. The zero-order valence-electron chi connectivity index (χ0n) is 18.5. The molecule has 2 rings (SSSR count). The van der Waals surface area contributed by atoms with Gasteiger partial charge >= 0.3 is 12.1 Å². The molecule has 1 aromatic carbocycles. The van der Waals surface area contributed by atoms with Crippen molar-refractivity contribution < 1.29 is 19.5 Å². The van der Waals surface area contributed by atoms with Crippen molar-refractivity contribution in [1.82, 2.24) is 20.4 Å². The number of anilines is 1. The lowest BCUT2D eigenvalue weighted by Gasteiger charge is -2.33. The van der Waals surface area contributed by atoms with Gasteiger partial charge in [0.2, 0.25) is 5.91 Å². The number of hydrogen-bond donors (Lipinski definition) is 4. The van der Waals surface area contributed by atoms with Gasteiger partial charge in [-0.1, -0.05) is 12.1 Å². The molecule has 1 aromatic rings. The van der Waals surface area contributed by atoms with Gasteiger partial charge in [0.25, 0.3) is 0 Å². The van der Waals surface area contributed by atoms with E-state index in [4.69, 9.17) is 5.11 Å². The predicted molar refractivity (Wildman–Crippen MR) is 120 cm³/mol. The number of piperidine rings is 1. The maximum atomic E-state index is 12.3. The van der Waals surface area contributed by atoms with E-state index in [-0.39, 0.29) is 11.9 Å². The van der Waals surface area contributed by atoms with Crippen LogP contribution in [0.5, 0.6) is 0 Å². The van der Waals surface area contributed by atoms with Crippen LogP contribution in [0, 0.1) is 0 Å². The number of carbonyl (C=O) groups excluding carboxylic acids is 2. The molecule has 1 saturated heterocycles. The molecule has 9 heteroatoms. The number of nitrogens with one attached hydrogen (secondary N) is 3. The summed E-state index contributed by atoms with van der Waals surface area (Å²) in [4.78, 5) is 38.4. The Kier molecular flexibility index (Phi) is 9.93. The number of rotatable bonds is 10. The minimum atomic E-state index is -1.01. The second-order valence-corrected chi connectivity index (χ2v) is 7.63. The topological polar surface area (TPSA) is 114 Å². The Bertz CT molecular complexity index is 713. The Morgan fingerprint density at radius 2 is 1.68 bits per heavy atom. The number of carbonyl (C=O) groups is 3. The molecule has 4 N–H and O–H groups in total. The summed E-state index contributed by atoms with van der Waals surface area (Å²) in [5.74, 6) is 0.0670. The molecule has 9 nitrogen and oxygen atoms in total. The van der Waals surface area contributed by atoms with Crippen LogP contribution in [0.25, 0.3) is 0 Å². The first-order valence-electron chi connectivity index (χ1n) is 11.1. The van der Waals surface area contributed by atoms with Crippen LogP contribution in [-0.2, 0) is 11.2 Å². The van der Waals surface area contributed by atoms with Crippen molar-refractivity contribution in [3.05, 3.63) is 29.8 Å². The van der Waals surface area contributed by atoms with Crippen LogP contribution < -0.4 is 16.0 Å². The quantitative estimate of drug-likeness (QED) is 0.452. The molecule has 4 amide bonds. The van der Waals surface area contributed by atoms with Crippen LogP contribution in [0.4, 0.5) is 15.3 Å². The van der Waals surface area contributed by atoms with Crippen molar-refractivity contribution in [2.24, 2.45) is 0 Å². The zero-order valence-corrected chi connectivity index (χ0v) is 18.5. The number of likely N-dealkylation sites (tertiary alicyclic amines) is 1. The van der Waals surface area contributed by atoms with Crippen molar-refractivity contribution in [2.45, 2.75) is 45.6 Å². The highest BCUT2D eigenvalue weighted by molar-refractivity contribution is 5.78. The fraction of sp³-hybridized carbons (Fsp3) is 0.591. The van der Waals surface area contributed by atoms with Gasteiger partial charge in [-0.15, -0.1) is 0 Å². The van der Waals surface area contributed by atoms with Crippen molar-refractivity contribution in [3.63, 3.8) is 0 Å². The Labute approximate surface area is 184 Å². The predicted octanol–water partition coefficient (Wildman–Crippen LogP) is 2.34. The fourth-order valence-electron chi connectivity index (χ4n) is 3.67. The average Bonchev–Trinajstić information content (AvgIpc) is 2.76. The zero-order chi connectivity index (χ0) is 22.6. The Morgan fingerprint density at radius 1 is 1.03 bits per heavy atom. The van der Waals surface area contributed by atoms with Gasteiger partial charge in [0.15, 0.2) is 0 Å². The van der Waals surface area contributed by atoms with Gasteiger partial charge in [-0.25, -0.2) is 9.59 Å². The summed E-state index contributed by atoms with van der Waals surface area (Å²) in [5.41, 5.74) is 2.10. The summed E-state index contributed by atoms with van der Waals surface area (Å²) < 4.78 is 0. The van der Waals surface area contributed by atoms with E-state index in [1.807, 2.05) is 38.1 Å². The van der Waals surface area contributed by atoms with Gasteiger partial charge in [0.1, 0.15) is 0 Å². The van der Waals surface area contributed by atoms with Gasteiger partial charge in [-0.3, -0.25) is 4.79 Å². The summed E-state index contributed by atoms with van der Waals surface area (Å²) >= 11 is 0. The maximum Gasteiger partial charge on any atom is 0.404 e. The smallest absolute Gasteiger partial charge is 0.404 e. The molecule has 0 aliphatic carbocycles. The van der Waals surface area contributed by atoms with Crippen molar-refractivity contribution >= 4 is 23.7 Å². The third kappa shape index (κ3) is 8.35. The summed E-state index contributed by atoms with van der Waals surface area (Å²) in [6.07, 6.45) is 1.69. The van der Waals surface area contributed by atoms with Crippen LogP contribution in [-0.4, -0.2) is 78.2 Å². The molecule has 31 heavy (non-hydrogen) atoms. The minimum Gasteiger partial charge on any atom is -0.465 e. The number of carboxylic acid groups (broad SMARTS) is 1. The Morgan fingerprint density at radius 3 is 2.26 bits per heavy atom. The van der Waals surface area contributed by atoms with Gasteiger partial charge in [0.05, 0.1) is 0 Å². The monoisotopic (exact) mass is 433 g/mol. The lowest BCUT2D eigenvalue weighted by molar-refractivity contribution is -0.130. The van der Waals surface area contributed by atoms with E-state index in [9.17, 15) is 14.4 Å². The first kappa shape index (κ1) is 24.3. The van der Waals surface area contributed by atoms with Crippen molar-refractivity contribution in [1.29, 1.82) is 0 Å². The molecule has 1 aliphatic rings. The molecule has 0 bridgehead atoms. The van der Waals surface area contributed by atoms with Crippen LogP contribution in [0.1, 0.15) is 38.7 Å². The molecule has 1 fully saturated rings. The molecule has 0 aromatic heterocycles. The van der Waals surface area contributed by atoms with Gasteiger partial charge in [-0.05, 0) is 50.8 Å². The van der Waals surface area contributed by atoms with Crippen LogP contribution in [0.15, 0.2) is 24.3 Å². The van der Waals surface area contributed by atoms with Gasteiger partial charge < -0.3 is 30.9 Å². The highest BCUT2D eigenvalue weighted by atomic mass is 16.4. The molecule has 0 unspecified atom stereocenters. The van der Waals surface area contributed by atoms with E-state index in [1.165, 1.54) is 0 Å². The molecule has 172 valence electrons. The van der Waals surface area contributed by atoms with E-state index in [0.717, 1.165) is 24.1 Å². The van der Waals surface area contributed by atoms with E-state index >= 15 is 0 Å². The number of hydrogen-bond acceptors (Lipinski definition) is 4. The summed E-state index contributed by atoms with van der Waals surface area (Å²) in [5, 5.41) is 17.3. The van der Waals surface area contributed by atoms with Crippen molar-refractivity contribution in [2.75, 3.05) is 44.6 Å². The molecule has 1 heterocycles. The number of nitrogens with zero attached hydrogens (tertiary/aromatic N) is 2. The maximum absolute atomic E-state index is 12.3. The van der Waals surface area contributed by atoms with Crippen molar-refractivity contribution in [3.8, 4) is 0 Å². The van der Waals surface area contributed by atoms with E-state index in [2.05, 4.69) is 16.0 Å². The minimum absolute atomic E-state index is 0.0670. The van der Waals surface area contributed by atoms with Crippen LogP contribution in [0.2, 0.25) is 0 Å². The number of benzene rings is 1. The molecular formula is C22H35N5O4.